The van der Waals surface area contributed by atoms with E-state index in [1.165, 1.54) is 0 Å². The summed E-state index contributed by atoms with van der Waals surface area (Å²) < 4.78 is 0. The van der Waals surface area contributed by atoms with Gasteiger partial charge in [0.05, 0.1) is 0 Å². The highest BCUT2D eigenvalue weighted by atomic mass is 35.5. The molecule has 5 nitrogen and oxygen atoms in total. The second kappa shape index (κ2) is 6.99. The van der Waals surface area contributed by atoms with Crippen LogP contribution in [0, 0.1) is 12.8 Å². The summed E-state index contributed by atoms with van der Waals surface area (Å²) in [5.41, 5.74) is 1.53. The molecule has 0 aliphatic rings. The first-order chi connectivity index (χ1) is 8.88. The Kier molecular flexibility index (Phi) is 5.63. The van der Waals surface area contributed by atoms with Crippen LogP contribution < -0.4 is 10.6 Å². The molecule has 0 aromatic heterocycles. The van der Waals surface area contributed by atoms with Gasteiger partial charge in [0, 0.05) is 23.7 Å². The number of aryl methyl sites for hydroxylation is 1. The number of hydrogen-bond donors (Lipinski definition) is 3. The molecule has 2 amide bonds. The molecule has 0 radical (unpaired) electrons. The number of carboxylic acid groups (broad SMARTS) is 1. The van der Waals surface area contributed by atoms with Gasteiger partial charge in [-0.2, -0.15) is 0 Å². The molecule has 0 aliphatic carbocycles. The maximum Gasteiger partial charge on any atom is 0.319 e. The zero-order valence-electron chi connectivity index (χ0n) is 10.9. The van der Waals surface area contributed by atoms with E-state index < -0.39 is 5.97 Å². The molecule has 0 spiro atoms. The van der Waals surface area contributed by atoms with Crippen molar-refractivity contribution in [1.29, 1.82) is 0 Å². The molecule has 0 bridgehead atoms. The Morgan fingerprint density at radius 1 is 1.42 bits per heavy atom. The highest BCUT2D eigenvalue weighted by Gasteiger charge is 2.09. The van der Waals surface area contributed by atoms with Crippen LogP contribution in [0.3, 0.4) is 0 Å². The highest BCUT2D eigenvalue weighted by Crippen LogP contribution is 2.19. The third kappa shape index (κ3) is 5.61. The van der Waals surface area contributed by atoms with Gasteiger partial charge in [-0.3, -0.25) is 4.79 Å². The van der Waals surface area contributed by atoms with Crippen molar-refractivity contribution in [3.8, 4) is 0 Å². The van der Waals surface area contributed by atoms with Crippen molar-refractivity contribution in [2.75, 3.05) is 11.9 Å². The topological polar surface area (TPSA) is 78.4 Å². The van der Waals surface area contributed by atoms with Gasteiger partial charge in [0.2, 0.25) is 0 Å². The van der Waals surface area contributed by atoms with Gasteiger partial charge < -0.3 is 15.7 Å². The summed E-state index contributed by atoms with van der Waals surface area (Å²) in [5.74, 6) is -0.995. The fourth-order valence-corrected chi connectivity index (χ4v) is 1.66. The van der Waals surface area contributed by atoms with Crippen molar-refractivity contribution in [2.45, 2.75) is 20.3 Å². The summed E-state index contributed by atoms with van der Waals surface area (Å²) >= 11 is 5.95. The van der Waals surface area contributed by atoms with E-state index in [1.807, 2.05) is 13.0 Å². The molecule has 0 saturated carbocycles. The van der Waals surface area contributed by atoms with E-state index in [2.05, 4.69) is 10.6 Å². The lowest BCUT2D eigenvalue weighted by atomic mass is 10.1. The average Bonchev–Trinajstić information content (AvgIpc) is 2.30. The highest BCUT2D eigenvalue weighted by molar-refractivity contribution is 6.31. The Bertz CT molecular complexity index is 477. The van der Waals surface area contributed by atoms with Crippen LogP contribution in [-0.2, 0) is 4.79 Å². The summed E-state index contributed by atoms with van der Waals surface area (Å²) in [4.78, 5) is 22.1. The normalized spacial score (nSPS) is 11.7. The molecule has 3 N–H and O–H groups in total. The van der Waals surface area contributed by atoms with Crippen molar-refractivity contribution in [3.63, 3.8) is 0 Å². The van der Waals surface area contributed by atoms with E-state index in [0.717, 1.165) is 5.56 Å². The third-order valence-electron chi connectivity index (χ3n) is 2.56. The number of benzene rings is 1. The maximum atomic E-state index is 11.6. The first-order valence-electron chi connectivity index (χ1n) is 5.91. The molecule has 0 aliphatic heterocycles. The Hall–Kier alpha value is -1.75. The monoisotopic (exact) mass is 284 g/mol. The Balaban J connectivity index is 2.42. The molecule has 1 unspecified atom stereocenters. The maximum absolute atomic E-state index is 11.6. The Labute approximate surface area is 117 Å². The van der Waals surface area contributed by atoms with Crippen LogP contribution in [0.1, 0.15) is 18.9 Å². The number of carbonyl (C=O) groups excluding carboxylic acids is 1. The van der Waals surface area contributed by atoms with Gasteiger partial charge >= 0.3 is 12.0 Å². The fourth-order valence-electron chi connectivity index (χ4n) is 1.48. The van der Waals surface area contributed by atoms with E-state index >= 15 is 0 Å². The van der Waals surface area contributed by atoms with Gasteiger partial charge in [0.1, 0.15) is 0 Å². The smallest absolute Gasteiger partial charge is 0.319 e. The number of amides is 2. The van der Waals surface area contributed by atoms with Gasteiger partial charge in [-0.15, -0.1) is 0 Å². The largest absolute Gasteiger partial charge is 0.481 e. The van der Waals surface area contributed by atoms with E-state index in [4.69, 9.17) is 16.7 Å². The van der Waals surface area contributed by atoms with Gasteiger partial charge in [0.25, 0.3) is 0 Å². The van der Waals surface area contributed by atoms with Gasteiger partial charge in [-0.25, -0.2) is 4.79 Å². The van der Waals surface area contributed by atoms with Crippen LogP contribution in [0.2, 0.25) is 5.02 Å². The number of halogens is 1. The van der Waals surface area contributed by atoms with Crippen molar-refractivity contribution in [2.24, 2.45) is 5.92 Å². The SMILES string of the molecule is Cc1ccc(NC(=O)NCC(C)CC(=O)O)cc1Cl. The lowest BCUT2D eigenvalue weighted by molar-refractivity contribution is -0.137. The number of rotatable bonds is 5. The number of carbonyl (C=O) groups is 2. The molecule has 1 rings (SSSR count). The van der Waals surface area contributed by atoms with Crippen LogP contribution in [-0.4, -0.2) is 23.7 Å². The molecule has 6 heteroatoms. The fraction of sp³-hybridized carbons (Fsp3) is 0.385. The van der Waals surface area contributed by atoms with E-state index in [1.54, 1.807) is 19.1 Å². The number of hydrogen-bond acceptors (Lipinski definition) is 2. The van der Waals surface area contributed by atoms with E-state index in [0.29, 0.717) is 17.3 Å². The van der Waals surface area contributed by atoms with E-state index in [9.17, 15) is 9.59 Å². The second-order valence-corrected chi connectivity index (χ2v) is 4.91. The molecule has 0 saturated heterocycles. The summed E-state index contributed by atoms with van der Waals surface area (Å²) in [6.45, 7) is 3.94. The summed E-state index contributed by atoms with van der Waals surface area (Å²) in [5, 5.41) is 14.4. The van der Waals surface area contributed by atoms with Crippen LogP contribution in [0.4, 0.5) is 10.5 Å². The van der Waals surface area contributed by atoms with Crippen molar-refractivity contribution in [1.82, 2.24) is 5.32 Å². The molecule has 1 aromatic rings. The molecule has 1 atom stereocenters. The van der Waals surface area contributed by atoms with Crippen molar-refractivity contribution in [3.05, 3.63) is 28.8 Å². The van der Waals surface area contributed by atoms with E-state index in [-0.39, 0.29) is 18.4 Å². The number of carboxylic acids is 1. The lowest BCUT2D eigenvalue weighted by Gasteiger charge is -2.12. The van der Waals surface area contributed by atoms with Crippen LogP contribution in [0.15, 0.2) is 18.2 Å². The number of anilines is 1. The van der Waals surface area contributed by atoms with Crippen molar-refractivity contribution < 1.29 is 14.7 Å². The third-order valence-corrected chi connectivity index (χ3v) is 2.97. The van der Waals surface area contributed by atoms with Crippen LogP contribution >= 0.6 is 11.6 Å². The minimum atomic E-state index is -0.875. The van der Waals surface area contributed by atoms with Gasteiger partial charge in [-0.05, 0) is 30.5 Å². The van der Waals surface area contributed by atoms with Gasteiger partial charge in [0.15, 0.2) is 0 Å². The number of urea groups is 1. The zero-order valence-corrected chi connectivity index (χ0v) is 11.6. The molecular formula is C13H17ClN2O3. The standard InChI is InChI=1S/C13H17ClN2O3/c1-8(5-12(17)18)7-15-13(19)16-10-4-3-9(2)11(14)6-10/h3-4,6,8H,5,7H2,1-2H3,(H,17,18)(H2,15,16,19). The van der Waals surface area contributed by atoms with Crippen molar-refractivity contribution >= 4 is 29.3 Å². The lowest BCUT2D eigenvalue weighted by Crippen LogP contribution is -2.32. The molecule has 1 aromatic carbocycles. The quantitative estimate of drug-likeness (QED) is 0.778. The van der Waals surface area contributed by atoms with Crippen LogP contribution in [0.25, 0.3) is 0 Å². The molecule has 104 valence electrons. The zero-order chi connectivity index (χ0) is 14.4. The molecule has 0 fully saturated rings. The minimum Gasteiger partial charge on any atom is -0.481 e. The summed E-state index contributed by atoms with van der Waals surface area (Å²) in [7, 11) is 0. The molecule has 19 heavy (non-hydrogen) atoms. The summed E-state index contributed by atoms with van der Waals surface area (Å²) in [6.07, 6.45) is 0.0244. The summed E-state index contributed by atoms with van der Waals surface area (Å²) in [6, 6.07) is 4.85. The van der Waals surface area contributed by atoms with Gasteiger partial charge in [-0.1, -0.05) is 24.6 Å². The first-order valence-corrected chi connectivity index (χ1v) is 6.29. The minimum absolute atomic E-state index is 0.0244. The Morgan fingerprint density at radius 3 is 2.68 bits per heavy atom. The first kappa shape index (κ1) is 15.3. The Morgan fingerprint density at radius 2 is 2.11 bits per heavy atom. The second-order valence-electron chi connectivity index (χ2n) is 4.50. The molecular weight excluding hydrogens is 268 g/mol. The predicted molar refractivity (Wildman–Crippen MR) is 74.6 cm³/mol. The number of aliphatic carboxylic acids is 1. The average molecular weight is 285 g/mol. The molecule has 0 heterocycles. The van der Waals surface area contributed by atoms with Crippen LogP contribution in [0.5, 0.6) is 0 Å². The predicted octanol–water partition coefficient (Wildman–Crippen LogP) is 2.88. The number of nitrogens with one attached hydrogen (secondary N) is 2.